The van der Waals surface area contributed by atoms with Crippen molar-refractivity contribution in [1.82, 2.24) is 9.97 Å². The zero-order valence-corrected chi connectivity index (χ0v) is 22.2. The Morgan fingerprint density at radius 2 is 1.68 bits per heavy atom. The van der Waals surface area contributed by atoms with Gasteiger partial charge in [0.15, 0.2) is 6.10 Å². The maximum atomic E-state index is 12.5. The number of pyridine rings is 1. The SMILES string of the molecule is Cc1oc(-c2ccc(Cl)cc2)nc1CSc1nc(N)c(C#N)c(-c2ccc(OCC(O)C(F)(F)F)cc2)c1C#N. The quantitative estimate of drug-likeness (QED) is 0.228. The fourth-order valence-corrected chi connectivity index (χ4v) is 4.72. The molecule has 0 spiro atoms. The first kappa shape index (κ1) is 28.8. The summed E-state index contributed by atoms with van der Waals surface area (Å²) in [6.07, 6.45) is -7.45. The summed E-state index contributed by atoms with van der Waals surface area (Å²) in [5, 5.41) is 29.7. The van der Waals surface area contributed by atoms with E-state index >= 15 is 0 Å². The number of nitriles is 2. The first-order valence-electron chi connectivity index (χ1n) is 11.5. The highest BCUT2D eigenvalue weighted by Crippen LogP contribution is 2.38. The molecular weight excluding hydrogens is 567 g/mol. The number of aryl methyl sites for hydroxylation is 1. The van der Waals surface area contributed by atoms with E-state index in [9.17, 15) is 23.7 Å². The molecule has 8 nitrogen and oxygen atoms in total. The monoisotopic (exact) mass is 585 g/mol. The van der Waals surface area contributed by atoms with Gasteiger partial charge in [0.25, 0.3) is 0 Å². The van der Waals surface area contributed by atoms with E-state index in [1.807, 2.05) is 6.07 Å². The summed E-state index contributed by atoms with van der Waals surface area (Å²) in [5.74, 6) is 1.22. The van der Waals surface area contributed by atoms with Crippen LogP contribution in [0.4, 0.5) is 19.0 Å². The third kappa shape index (κ3) is 6.32. The summed E-state index contributed by atoms with van der Waals surface area (Å²) >= 11 is 7.13. The zero-order valence-electron chi connectivity index (χ0n) is 20.7. The van der Waals surface area contributed by atoms with Gasteiger partial charge in [-0.25, -0.2) is 9.97 Å². The number of aliphatic hydroxyl groups excluding tert-OH is 1. The number of ether oxygens (including phenoxy) is 1. The van der Waals surface area contributed by atoms with E-state index < -0.39 is 18.9 Å². The molecule has 0 aliphatic heterocycles. The molecule has 13 heteroatoms. The Kier molecular flexibility index (Phi) is 8.55. The van der Waals surface area contributed by atoms with Crippen molar-refractivity contribution in [3.8, 4) is 40.5 Å². The third-order valence-corrected chi connectivity index (χ3v) is 6.91. The van der Waals surface area contributed by atoms with Crippen LogP contribution in [0, 0.1) is 29.6 Å². The number of thioether (sulfide) groups is 1. The fourth-order valence-electron chi connectivity index (χ4n) is 3.59. The van der Waals surface area contributed by atoms with Crippen LogP contribution < -0.4 is 10.5 Å². The zero-order chi connectivity index (χ0) is 29.0. The second kappa shape index (κ2) is 11.9. The molecule has 0 amide bonds. The van der Waals surface area contributed by atoms with Crippen molar-refractivity contribution < 1.29 is 27.4 Å². The van der Waals surface area contributed by atoms with Crippen LogP contribution in [0.3, 0.4) is 0 Å². The molecule has 0 aliphatic carbocycles. The average Bonchev–Trinajstić information content (AvgIpc) is 3.30. The third-order valence-electron chi connectivity index (χ3n) is 5.67. The minimum Gasteiger partial charge on any atom is -0.491 e. The van der Waals surface area contributed by atoms with Gasteiger partial charge < -0.3 is 20.0 Å². The van der Waals surface area contributed by atoms with Gasteiger partial charge in [0, 0.05) is 21.9 Å². The summed E-state index contributed by atoms with van der Waals surface area (Å²) in [4.78, 5) is 8.82. The summed E-state index contributed by atoms with van der Waals surface area (Å²) < 4.78 is 48.4. The lowest BCUT2D eigenvalue weighted by molar-refractivity contribution is -0.210. The molecule has 4 rings (SSSR count). The van der Waals surface area contributed by atoms with Gasteiger partial charge in [0.05, 0.1) is 11.3 Å². The Hall–Kier alpha value is -4.23. The van der Waals surface area contributed by atoms with Gasteiger partial charge in [-0.05, 0) is 48.9 Å². The lowest BCUT2D eigenvalue weighted by atomic mass is 9.97. The molecule has 0 saturated carbocycles. The molecule has 1 atom stereocenters. The number of benzene rings is 2. The molecule has 2 aromatic heterocycles. The van der Waals surface area contributed by atoms with Crippen LogP contribution in [-0.2, 0) is 5.75 Å². The molecule has 3 N–H and O–H groups in total. The highest BCUT2D eigenvalue weighted by molar-refractivity contribution is 7.98. The predicted molar refractivity (Wildman–Crippen MR) is 142 cm³/mol. The number of oxazole rings is 1. The van der Waals surface area contributed by atoms with Gasteiger partial charge in [-0.3, -0.25) is 0 Å². The van der Waals surface area contributed by atoms with Gasteiger partial charge in [-0.1, -0.05) is 35.5 Å². The Balaban J connectivity index is 1.61. The number of rotatable bonds is 8. The molecule has 2 heterocycles. The summed E-state index contributed by atoms with van der Waals surface area (Å²) in [5.41, 5.74) is 8.13. The number of halogens is 4. The number of nitrogens with zero attached hydrogens (tertiary/aromatic N) is 4. The standard InChI is InChI=1S/C27H19ClF3N5O3S/c1-14-21(35-25(39-14)16-2-6-17(28)7-3-16)13-40-26-20(11-33)23(19(10-32)24(34)36-26)15-4-8-18(9-5-15)38-12-22(37)27(29,30)31/h2-9,22,37H,12-13H2,1H3,(H2,34,36). The van der Waals surface area contributed by atoms with Crippen LogP contribution in [0.15, 0.2) is 58.0 Å². The summed E-state index contributed by atoms with van der Waals surface area (Å²) in [6, 6.07) is 16.7. The van der Waals surface area contributed by atoms with Crippen LogP contribution in [0.5, 0.6) is 5.75 Å². The Bertz CT molecular complexity index is 1610. The van der Waals surface area contributed by atoms with Gasteiger partial charge in [0.2, 0.25) is 5.89 Å². The number of nitrogens with two attached hydrogens (primary N) is 1. The van der Waals surface area contributed by atoms with Gasteiger partial charge in [-0.15, -0.1) is 0 Å². The minimum absolute atomic E-state index is 0.0234. The molecule has 1 unspecified atom stereocenters. The second-order valence-corrected chi connectivity index (χ2v) is 9.76. The van der Waals surface area contributed by atoms with Gasteiger partial charge >= 0.3 is 6.18 Å². The van der Waals surface area contributed by atoms with E-state index in [2.05, 4.69) is 16.0 Å². The number of nitrogen functional groups attached to an aromatic ring is 1. The molecule has 2 aromatic carbocycles. The van der Waals surface area contributed by atoms with Crippen LogP contribution in [-0.4, -0.2) is 34.0 Å². The molecule has 0 radical (unpaired) electrons. The molecule has 0 aliphatic rings. The number of anilines is 1. The van der Waals surface area contributed by atoms with Crippen LogP contribution in [0.25, 0.3) is 22.6 Å². The highest BCUT2D eigenvalue weighted by atomic mass is 35.5. The molecule has 4 aromatic rings. The molecule has 0 saturated heterocycles. The molecule has 204 valence electrons. The highest BCUT2D eigenvalue weighted by Gasteiger charge is 2.38. The van der Waals surface area contributed by atoms with Crippen molar-refractivity contribution in [2.45, 2.75) is 30.0 Å². The largest absolute Gasteiger partial charge is 0.491 e. The number of hydrogen-bond donors (Lipinski definition) is 2. The number of hydrogen-bond acceptors (Lipinski definition) is 9. The molecule has 0 bridgehead atoms. The number of alkyl halides is 3. The Morgan fingerprint density at radius 1 is 1.05 bits per heavy atom. The number of aromatic nitrogens is 2. The van der Waals surface area contributed by atoms with Crippen molar-refractivity contribution in [2.24, 2.45) is 0 Å². The topological polar surface area (TPSA) is 142 Å². The van der Waals surface area contributed by atoms with Crippen molar-refractivity contribution in [3.05, 3.63) is 76.1 Å². The van der Waals surface area contributed by atoms with E-state index in [0.717, 1.165) is 5.56 Å². The van der Waals surface area contributed by atoms with Crippen molar-refractivity contribution in [2.75, 3.05) is 12.3 Å². The first-order chi connectivity index (χ1) is 19.0. The smallest absolute Gasteiger partial charge is 0.417 e. The number of aliphatic hydroxyl groups is 1. The Labute approximate surface area is 235 Å². The first-order valence-corrected chi connectivity index (χ1v) is 12.8. The minimum atomic E-state index is -4.81. The molecule has 0 fully saturated rings. The van der Waals surface area contributed by atoms with Crippen molar-refractivity contribution in [1.29, 1.82) is 10.5 Å². The van der Waals surface area contributed by atoms with E-state index in [1.165, 1.54) is 36.0 Å². The Morgan fingerprint density at radius 3 is 2.27 bits per heavy atom. The summed E-state index contributed by atoms with van der Waals surface area (Å²) in [7, 11) is 0. The second-order valence-electron chi connectivity index (χ2n) is 8.36. The van der Waals surface area contributed by atoms with Gasteiger partial charge in [0.1, 0.15) is 46.7 Å². The molecule has 40 heavy (non-hydrogen) atoms. The van der Waals surface area contributed by atoms with Crippen molar-refractivity contribution >= 4 is 29.2 Å². The van der Waals surface area contributed by atoms with Crippen LogP contribution in [0.1, 0.15) is 22.6 Å². The lowest BCUT2D eigenvalue weighted by Crippen LogP contribution is -2.34. The van der Waals surface area contributed by atoms with E-state index in [1.54, 1.807) is 31.2 Å². The summed E-state index contributed by atoms with van der Waals surface area (Å²) in [6.45, 7) is 0.775. The predicted octanol–water partition coefficient (Wildman–Crippen LogP) is 6.29. The maximum Gasteiger partial charge on any atom is 0.417 e. The van der Waals surface area contributed by atoms with Crippen molar-refractivity contribution in [3.63, 3.8) is 0 Å². The average molecular weight is 586 g/mol. The van der Waals surface area contributed by atoms with E-state index in [-0.39, 0.29) is 39.0 Å². The lowest BCUT2D eigenvalue weighted by Gasteiger charge is -2.16. The van der Waals surface area contributed by atoms with Crippen LogP contribution >= 0.6 is 23.4 Å². The van der Waals surface area contributed by atoms with E-state index in [4.69, 9.17) is 31.6 Å². The normalized spacial score (nSPS) is 12.0. The van der Waals surface area contributed by atoms with Gasteiger partial charge in [-0.2, -0.15) is 23.7 Å². The van der Waals surface area contributed by atoms with Crippen LogP contribution in [0.2, 0.25) is 5.02 Å². The molecular formula is C27H19ClF3N5O3S. The fraction of sp³-hybridized carbons (Fsp3) is 0.185. The maximum absolute atomic E-state index is 12.5. The van der Waals surface area contributed by atoms with E-state index in [0.29, 0.717) is 27.9 Å².